The van der Waals surface area contributed by atoms with Crippen LogP contribution in [0.4, 0.5) is 5.69 Å². The van der Waals surface area contributed by atoms with E-state index in [0.29, 0.717) is 23.6 Å². The third-order valence-electron chi connectivity index (χ3n) is 4.60. The van der Waals surface area contributed by atoms with E-state index in [-0.39, 0.29) is 24.1 Å². The van der Waals surface area contributed by atoms with Gasteiger partial charge in [-0.2, -0.15) is 0 Å². The lowest BCUT2D eigenvalue weighted by Crippen LogP contribution is -2.39. The summed E-state index contributed by atoms with van der Waals surface area (Å²) in [5.74, 6) is 0.600. The molecule has 26 heavy (non-hydrogen) atoms. The SMILES string of the molecule is CCCS(=O)(=O)Nc1ccccc1C(=O)N1CCC(CCNC)CC1.Cl. The van der Waals surface area contributed by atoms with Crippen molar-refractivity contribution in [1.29, 1.82) is 0 Å². The van der Waals surface area contributed by atoms with Crippen LogP contribution in [-0.4, -0.2) is 51.7 Å². The Morgan fingerprint density at radius 2 is 1.88 bits per heavy atom. The number of para-hydroxylation sites is 1. The molecule has 0 atom stereocenters. The van der Waals surface area contributed by atoms with Gasteiger partial charge in [0.25, 0.3) is 5.91 Å². The topological polar surface area (TPSA) is 78.5 Å². The second kappa shape index (κ2) is 10.7. The molecule has 2 rings (SSSR count). The predicted molar refractivity (Wildman–Crippen MR) is 109 cm³/mol. The van der Waals surface area contributed by atoms with Gasteiger partial charge in [0.2, 0.25) is 10.0 Å². The van der Waals surface area contributed by atoms with Crippen LogP contribution in [-0.2, 0) is 10.0 Å². The number of likely N-dealkylation sites (tertiary alicyclic amines) is 1. The van der Waals surface area contributed by atoms with Crippen molar-refractivity contribution in [1.82, 2.24) is 10.2 Å². The second-order valence-corrected chi connectivity index (χ2v) is 8.44. The summed E-state index contributed by atoms with van der Waals surface area (Å²) in [6.07, 6.45) is 3.66. The summed E-state index contributed by atoms with van der Waals surface area (Å²) in [5, 5.41) is 3.17. The Labute approximate surface area is 163 Å². The van der Waals surface area contributed by atoms with E-state index in [0.717, 1.165) is 38.9 Å². The number of nitrogens with one attached hydrogen (secondary N) is 2. The van der Waals surface area contributed by atoms with Crippen molar-refractivity contribution in [3.63, 3.8) is 0 Å². The van der Waals surface area contributed by atoms with Crippen LogP contribution >= 0.6 is 12.4 Å². The van der Waals surface area contributed by atoms with Gasteiger partial charge in [0.15, 0.2) is 0 Å². The molecule has 1 aliphatic heterocycles. The number of amides is 1. The van der Waals surface area contributed by atoms with Crippen LogP contribution in [0, 0.1) is 5.92 Å². The van der Waals surface area contributed by atoms with Gasteiger partial charge in [-0.05, 0) is 57.3 Å². The van der Waals surface area contributed by atoms with E-state index < -0.39 is 10.0 Å². The van der Waals surface area contributed by atoms with E-state index in [1.54, 1.807) is 24.3 Å². The quantitative estimate of drug-likeness (QED) is 0.699. The van der Waals surface area contributed by atoms with Gasteiger partial charge in [-0.3, -0.25) is 9.52 Å². The summed E-state index contributed by atoms with van der Waals surface area (Å²) in [6.45, 7) is 4.27. The lowest BCUT2D eigenvalue weighted by atomic mass is 9.93. The molecule has 1 heterocycles. The van der Waals surface area contributed by atoms with Crippen molar-refractivity contribution in [3.8, 4) is 0 Å². The first-order chi connectivity index (χ1) is 12.0. The number of anilines is 1. The molecule has 1 amide bonds. The molecule has 1 aliphatic rings. The first kappa shape index (κ1) is 22.7. The van der Waals surface area contributed by atoms with Crippen LogP contribution in [0.3, 0.4) is 0 Å². The Balaban J connectivity index is 0.00000338. The molecule has 1 aromatic rings. The number of piperidine rings is 1. The van der Waals surface area contributed by atoms with Gasteiger partial charge >= 0.3 is 0 Å². The van der Waals surface area contributed by atoms with Crippen LogP contribution in [0.5, 0.6) is 0 Å². The van der Waals surface area contributed by atoms with E-state index in [1.807, 2.05) is 18.9 Å². The number of nitrogens with zero attached hydrogens (tertiary/aromatic N) is 1. The zero-order valence-electron chi connectivity index (χ0n) is 15.5. The number of carbonyl (C=O) groups is 1. The van der Waals surface area contributed by atoms with E-state index in [9.17, 15) is 13.2 Å². The maximum Gasteiger partial charge on any atom is 0.255 e. The van der Waals surface area contributed by atoms with E-state index in [2.05, 4.69) is 10.0 Å². The summed E-state index contributed by atoms with van der Waals surface area (Å²) >= 11 is 0. The highest BCUT2D eigenvalue weighted by atomic mass is 35.5. The fourth-order valence-electron chi connectivity index (χ4n) is 3.19. The molecule has 1 fully saturated rings. The Hall–Kier alpha value is -1.31. The summed E-state index contributed by atoms with van der Waals surface area (Å²) in [5.41, 5.74) is 0.800. The van der Waals surface area contributed by atoms with E-state index in [4.69, 9.17) is 0 Å². The number of hydrogen-bond donors (Lipinski definition) is 2. The van der Waals surface area contributed by atoms with Gasteiger partial charge in [-0.15, -0.1) is 12.4 Å². The van der Waals surface area contributed by atoms with Gasteiger partial charge in [-0.1, -0.05) is 19.1 Å². The maximum absolute atomic E-state index is 12.9. The molecule has 0 spiro atoms. The molecule has 2 N–H and O–H groups in total. The highest BCUT2D eigenvalue weighted by molar-refractivity contribution is 7.92. The number of benzene rings is 1. The summed E-state index contributed by atoms with van der Waals surface area (Å²) in [7, 11) is -1.46. The van der Waals surface area contributed by atoms with Crippen LogP contribution < -0.4 is 10.0 Å². The maximum atomic E-state index is 12.9. The van der Waals surface area contributed by atoms with Crippen molar-refractivity contribution in [2.45, 2.75) is 32.6 Å². The average Bonchev–Trinajstić information content (AvgIpc) is 2.60. The minimum atomic E-state index is -3.42. The van der Waals surface area contributed by atoms with Gasteiger partial charge in [0.1, 0.15) is 0 Å². The van der Waals surface area contributed by atoms with Crippen LogP contribution in [0.25, 0.3) is 0 Å². The third kappa shape index (κ3) is 6.45. The third-order valence-corrected chi connectivity index (χ3v) is 6.08. The Morgan fingerprint density at radius 1 is 1.23 bits per heavy atom. The van der Waals surface area contributed by atoms with Crippen molar-refractivity contribution in [2.75, 3.05) is 37.2 Å². The number of rotatable bonds is 8. The molecule has 0 bridgehead atoms. The molecule has 148 valence electrons. The number of carbonyl (C=O) groups excluding carboxylic acids is 1. The molecule has 1 aromatic carbocycles. The molecule has 0 aromatic heterocycles. The lowest BCUT2D eigenvalue weighted by Gasteiger charge is -2.32. The zero-order valence-corrected chi connectivity index (χ0v) is 17.2. The van der Waals surface area contributed by atoms with Crippen molar-refractivity contribution < 1.29 is 13.2 Å². The first-order valence-corrected chi connectivity index (χ1v) is 10.7. The average molecular weight is 404 g/mol. The summed E-state index contributed by atoms with van der Waals surface area (Å²) in [4.78, 5) is 14.7. The highest BCUT2D eigenvalue weighted by Crippen LogP contribution is 2.24. The summed E-state index contributed by atoms with van der Waals surface area (Å²) < 4.78 is 26.7. The van der Waals surface area contributed by atoms with Crippen LogP contribution in [0.15, 0.2) is 24.3 Å². The Morgan fingerprint density at radius 3 is 2.50 bits per heavy atom. The fraction of sp³-hybridized carbons (Fsp3) is 0.611. The lowest BCUT2D eigenvalue weighted by molar-refractivity contribution is 0.0688. The first-order valence-electron chi connectivity index (χ1n) is 9.00. The number of halogens is 1. The molecule has 1 saturated heterocycles. The number of sulfonamides is 1. The standard InChI is InChI=1S/C18H29N3O3S.ClH/c1-3-14-25(23,24)20-17-7-5-4-6-16(17)18(22)21-12-9-15(10-13-21)8-11-19-2;/h4-7,15,19-20H,3,8-14H2,1-2H3;1H. The smallest absolute Gasteiger partial charge is 0.255 e. The largest absolute Gasteiger partial charge is 0.339 e. The monoisotopic (exact) mass is 403 g/mol. The second-order valence-electron chi connectivity index (χ2n) is 6.59. The molecule has 6 nitrogen and oxygen atoms in total. The molecular formula is C18H30ClN3O3S. The van der Waals surface area contributed by atoms with Gasteiger partial charge in [0.05, 0.1) is 17.0 Å². The highest BCUT2D eigenvalue weighted by Gasteiger charge is 2.25. The van der Waals surface area contributed by atoms with Crippen molar-refractivity contribution in [2.24, 2.45) is 5.92 Å². The Kier molecular flexibility index (Phi) is 9.39. The molecule has 8 heteroatoms. The molecule has 0 radical (unpaired) electrons. The predicted octanol–water partition coefficient (Wildman–Crippen LogP) is 2.72. The minimum Gasteiger partial charge on any atom is -0.339 e. The number of hydrogen-bond acceptors (Lipinski definition) is 4. The zero-order chi connectivity index (χ0) is 18.3. The Bertz CT molecular complexity index is 674. The summed E-state index contributed by atoms with van der Waals surface area (Å²) in [6, 6.07) is 6.86. The van der Waals surface area contributed by atoms with Crippen molar-refractivity contribution >= 4 is 34.0 Å². The van der Waals surface area contributed by atoms with Crippen LogP contribution in [0.2, 0.25) is 0 Å². The van der Waals surface area contributed by atoms with Gasteiger partial charge in [-0.25, -0.2) is 8.42 Å². The normalized spacial score (nSPS) is 15.4. The minimum absolute atomic E-state index is 0. The van der Waals surface area contributed by atoms with E-state index in [1.165, 1.54) is 0 Å². The van der Waals surface area contributed by atoms with Gasteiger partial charge in [0, 0.05) is 13.1 Å². The van der Waals surface area contributed by atoms with Crippen LogP contribution in [0.1, 0.15) is 43.0 Å². The molecular weight excluding hydrogens is 374 g/mol. The molecule has 0 saturated carbocycles. The molecule has 0 unspecified atom stereocenters. The van der Waals surface area contributed by atoms with Crippen molar-refractivity contribution in [3.05, 3.63) is 29.8 Å². The van der Waals surface area contributed by atoms with E-state index >= 15 is 0 Å². The molecule has 0 aliphatic carbocycles. The fourth-order valence-corrected chi connectivity index (χ4v) is 4.34. The van der Waals surface area contributed by atoms with Gasteiger partial charge < -0.3 is 10.2 Å².